The van der Waals surface area contributed by atoms with Crippen LogP contribution in [0.15, 0.2) is 35.7 Å². The fraction of sp³-hybridized carbons (Fsp3) is 0.167. The molecule has 0 aliphatic carbocycles. The molecule has 1 heterocycles. The average molecular weight is 204 g/mol. The van der Waals surface area contributed by atoms with Gasteiger partial charge in [-0.1, -0.05) is 24.3 Å². The Bertz CT molecular complexity index is 442. The van der Waals surface area contributed by atoms with E-state index in [0.29, 0.717) is 0 Å². The molecule has 1 aromatic heterocycles. The molecule has 0 unspecified atom stereocenters. The monoisotopic (exact) mass is 204 g/mol. The lowest BCUT2D eigenvalue weighted by atomic mass is 10.1. The van der Waals surface area contributed by atoms with E-state index in [4.69, 9.17) is 5.11 Å². The van der Waals surface area contributed by atoms with E-state index in [2.05, 4.69) is 35.7 Å². The smallest absolute Gasteiger partial charge is 0.0465 e. The number of hydrogen-bond donors (Lipinski definition) is 1. The van der Waals surface area contributed by atoms with Crippen LogP contribution in [0.1, 0.15) is 12.0 Å². The SMILES string of the molecule is OCCC=Cc1ccc2ccsc2c1. The molecule has 0 atom stereocenters. The quantitative estimate of drug-likeness (QED) is 0.813. The van der Waals surface area contributed by atoms with Gasteiger partial charge in [0.2, 0.25) is 0 Å². The normalized spacial score (nSPS) is 11.5. The van der Waals surface area contributed by atoms with Gasteiger partial charge in [-0.2, -0.15) is 0 Å². The summed E-state index contributed by atoms with van der Waals surface area (Å²) in [6, 6.07) is 8.53. The standard InChI is InChI=1S/C12H12OS/c13-7-2-1-3-10-4-5-11-6-8-14-12(11)9-10/h1,3-6,8-9,13H,2,7H2. The molecule has 2 rings (SSSR count). The van der Waals surface area contributed by atoms with Gasteiger partial charge in [0, 0.05) is 11.3 Å². The molecule has 1 N–H and O–H groups in total. The van der Waals surface area contributed by atoms with E-state index in [0.717, 1.165) is 6.42 Å². The largest absolute Gasteiger partial charge is 0.396 e. The van der Waals surface area contributed by atoms with E-state index in [1.807, 2.05) is 6.08 Å². The van der Waals surface area contributed by atoms with Crippen LogP contribution in [0.25, 0.3) is 16.2 Å². The van der Waals surface area contributed by atoms with E-state index in [9.17, 15) is 0 Å². The number of hydrogen-bond acceptors (Lipinski definition) is 2. The summed E-state index contributed by atoms with van der Waals surface area (Å²) < 4.78 is 1.32. The number of aliphatic hydroxyl groups excluding tert-OH is 1. The number of rotatable bonds is 3. The van der Waals surface area contributed by atoms with Crippen LogP contribution in [0.4, 0.5) is 0 Å². The maximum atomic E-state index is 8.63. The van der Waals surface area contributed by atoms with Crippen molar-refractivity contribution >= 4 is 27.5 Å². The first-order valence-electron chi connectivity index (χ1n) is 4.65. The summed E-state index contributed by atoms with van der Waals surface area (Å²) in [7, 11) is 0. The predicted molar refractivity (Wildman–Crippen MR) is 62.6 cm³/mol. The van der Waals surface area contributed by atoms with Gasteiger partial charge in [-0.05, 0) is 34.9 Å². The Kier molecular flexibility index (Phi) is 2.96. The Hall–Kier alpha value is -1.12. The highest BCUT2D eigenvalue weighted by Gasteiger charge is 1.94. The van der Waals surface area contributed by atoms with Crippen molar-refractivity contribution in [1.29, 1.82) is 0 Å². The highest BCUT2D eigenvalue weighted by Crippen LogP contribution is 2.22. The van der Waals surface area contributed by atoms with Crippen LogP contribution in [-0.2, 0) is 0 Å². The third-order valence-corrected chi connectivity index (χ3v) is 2.97. The second kappa shape index (κ2) is 4.40. The van der Waals surface area contributed by atoms with Gasteiger partial charge in [0.25, 0.3) is 0 Å². The molecule has 0 saturated carbocycles. The summed E-state index contributed by atoms with van der Waals surface area (Å²) in [6.45, 7) is 0.220. The molecule has 1 nitrogen and oxygen atoms in total. The maximum absolute atomic E-state index is 8.63. The first-order chi connectivity index (χ1) is 6.90. The molecule has 0 radical (unpaired) electrons. The number of fused-ring (bicyclic) bond motifs is 1. The molecule has 0 fully saturated rings. The lowest BCUT2D eigenvalue weighted by molar-refractivity contribution is 0.303. The molecule has 1 aromatic carbocycles. The van der Waals surface area contributed by atoms with Crippen molar-refractivity contribution in [2.45, 2.75) is 6.42 Å². The topological polar surface area (TPSA) is 20.2 Å². The minimum atomic E-state index is 0.220. The molecule has 0 amide bonds. The molecule has 2 heteroatoms. The van der Waals surface area contributed by atoms with Gasteiger partial charge < -0.3 is 5.11 Å². The zero-order valence-electron chi connectivity index (χ0n) is 7.81. The molecule has 0 aliphatic rings. The Morgan fingerprint density at radius 2 is 2.21 bits per heavy atom. The van der Waals surface area contributed by atoms with Crippen molar-refractivity contribution < 1.29 is 5.11 Å². The summed E-state index contributed by atoms with van der Waals surface area (Å²) in [5.74, 6) is 0. The maximum Gasteiger partial charge on any atom is 0.0465 e. The van der Waals surface area contributed by atoms with Gasteiger partial charge in [-0.3, -0.25) is 0 Å². The highest BCUT2D eigenvalue weighted by atomic mass is 32.1. The Morgan fingerprint density at radius 1 is 1.29 bits per heavy atom. The highest BCUT2D eigenvalue weighted by molar-refractivity contribution is 7.17. The Morgan fingerprint density at radius 3 is 3.07 bits per heavy atom. The molecule has 0 aliphatic heterocycles. The van der Waals surface area contributed by atoms with Crippen molar-refractivity contribution in [3.05, 3.63) is 41.3 Å². The van der Waals surface area contributed by atoms with Crippen LogP contribution in [0, 0.1) is 0 Å². The minimum Gasteiger partial charge on any atom is -0.396 e. The summed E-state index contributed by atoms with van der Waals surface area (Å²) in [5.41, 5.74) is 1.20. The number of aliphatic hydroxyl groups is 1. The van der Waals surface area contributed by atoms with Gasteiger partial charge in [0.1, 0.15) is 0 Å². The van der Waals surface area contributed by atoms with E-state index < -0.39 is 0 Å². The van der Waals surface area contributed by atoms with Gasteiger partial charge in [0.05, 0.1) is 0 Å². The van der Waals surface area contributed by atoms with Crippen molar-refractivity contribution in [3.8, 4) is 0 Å². The molecule has 0 bridgehead atoms. The van der Waals surface area contributed by atoms with Crippen LogP contribution in [0.2, 0.25) is 0 Å². The fourth-order valence-corrected chi connectivity index (χ4v) is 2.21. The zero-order chi connectivity index (χ0) is 9.80. The third kappa shape index (κ3) is 2.03. The van der Waals surface area contributed by atoms with Crippen molar-refractivity contribution in [2.24, 2.45) is 0 Å². The second-order valence-electron chi connectivity index (χ2n) is 3.13. The Labute approximate surface area is 87.3 Å². The van der Waals surface area contributed by atoms with Gasteiger partial charge in [-0.15, -0.1) is 11.3 Å². The lowest BCUT2D eigenvalue weighted by Crippen LogP contribution is -1.76. The zero-order valence-corrected chi connectivity index (χ0v) is 8.63. The molecule has 14 heavy (non-hydrogen) atoms. The molecule has 0 spiro atoms. The molecule has 2 aromatic rings. The van der Waals surface area contributed by atoms with E-state index in [1.165, 1.54) is 15.6 Å². The van der Waals surface area contributed by atoms with Crippen LogP contribution in [0.5, 0.6) is 0 Å². The van der Waals surface area contributed by atoms with Gasteiger partial charge in [0.15, 0.2) is 0 Å². The summed E-state index contributed by atoms with van der Waals surface area (Å²) in [6.07, 6.45) is 4.77. The van der Waals surface area contributed by atoms with Gasteiger partial charge >= 0.3 is 0 Å². The average Bonchev–Trinajstić information content (AvgIpc) is 2.65. The van der Waals surface area contributed by atoms with Crippen molar-refractivity contribution in [1.82, 2.24) is 0 Å². The molecular formula is C12H12OS. The molecule has 72 valence electrons. The second-order valence-corrected chi connectivity index (χ2v) is 4.08. The van der Waals surface area contributed by atoms with E-state index in [-0.39, 0.29) is 6.61 Å². The first kappa shape index (κ1) is 9.44. The molecular weight excluding hydrogens is 192 g/mol. The van der Waals surface area contributed by atoms with Crippen LogP contribution >= 0.6 is 11.3 Å². The predicted octanol–water partition coefficient (Wildman–Crippen LogP) is 3.30. The van der Waals surface area contributed by atoms with E-state index >= 15 is 0 Å². The summed E-state index contributed by atoms with van der Waals surface area (Å²) in [4.78, 5) is 0. The summed E-state index contributed by atoms with van der Waals surface area (Å²) >= 11 is 1.76. The number of benzene rings is 1. The minimum absolute atomic E-state index is 0.220. The first-order valence-corrected chi connectivity index (χ1v) is 5.53. The van der Waals surface area contributed by atoms with Crippen molar-refractivity contribution in [3.63, 3.8) is 0 Å². The number of thiophene rings is 1. The lowest BCUT2D eigenvalue weighted by Gasteiger charge is -1.93. The van der Waals surface area contributed by atoms with Crippen molar-refractivity contribution in [2.75, 3.05) is 6.61 Å². The Balaban J connectivity index is 2.25. The molecule has 0 saturated heterocycles. The third-order valence-electron chi connectivity index (χ3n) is 2.09. The van der Waals surface area contributed by atoms with Crippen LogP contribution in [-0.4, -0.2) is 11.7 Å². The van der Waals surface area contributed by atoms with Gasteiger partial charge in [-0.25, -0.2) is 0 Å². The van der Waals surface area contributed by atoms with Crippen LogP contribution in [0.3, 0.4) is 0 Å². The summed E-state index contributed by atoms with van der Waals surface area (Å²) in [5, 5.41) is 12.0. The fourth-order valence-electron chi connectivity index (χ4n) is 1.37. The van der Waals surface area contributed by atoms with E-state index in [1.54, 1.807) is 11.3 Å². The van der Waals surface area contributed by atoms with Crippen LogP contribution < -0.4 is 0 Å².